The van der Waals surface area contributed by atoms with Crippen molar-refractivity contribution in [2.75, 3.05) is 13.1 Å². The van der Waals surface area contributed by atoms with E-state index >= 15 is 0 Å². The molecule has 0 saturated carbocycles. The lowest BCUT2D eigenvalue weighted by Crippen LogP contribution is -2.47. The zero-order chi connectivity index (χ0) is 14.7. The predicted octanol–water partition coefficient (Wildman–Crippen LogP) is 2.28. The Hall–Kier alpha value is -1.79. The van der Waals surface area contributed by atoms with Gasteiger partial charge in [-0.05, 0) is 62.7 Å². The van der Waals surface area contributed by atoms with Crippen molar-refractivity contribution in [1.29, 1.82) is 0 Å². The molecule has 1 saturated heterocycles. The second kappa shape index (κ2) is 6.32. The monoisotopic (exact) mass is 282 g/mol. The molecule has 1 heterocycles. The molecule has 1 aromatic rings. The molecule has 3 heteroatoms. The second-order valence-corrected chi connectivity index (χ2v) is 5.87. The summed E-state index contributed by atoms with van der Waals surface area (Å²) < 4.78 is 0. The number of carbonyl (C=O) groups excluding carboxylic acids is 1. The van der Waals surface area contributed by atoms with Gasteiger partial charge in [0.2, 0.25) is 0 Å². The van der Waals surface area contributed by atoms with Crippen molar-refractivity contribution in [3.05, 3.63) is 35.4 Å². The van der Waals surface area contributed by atoms with Gasteiger partial charge in [-0.15, -0.1) is 0 Å². The molecule has 21 heavy (non-hydrogen) atoms. The lowest BCUT2D eigenvalue weighted by molar-refractivity contribution is -0.117. The van der Waals surface area contributed by atoms with Crippen LogP contribution in [0.25, 0.3) is 0 Å². The summed E-state index contributed by atoms with van der Waals surface area (Å²) in [6.07, 6.45) is 4.76. The Morgan fingerprint density at radius 3 is 2.81 bits per heavy atom. The molecular weight excluding hydrogens is 260 g/mol. The van der Waals surface area contributed by atoms with Crippen LogP contribution in [0.5, 0.6) is 0 Å². The van der Waals surface area contributed by atoms with Crippen molar-refractivity contribution in [3.63, 3.8) is 0 Å². The number of likely N-dealkylation sites (tertiary alicyclic amines) is 1. The smallest absolute Gasteiger partial charge is 0.296 e. The van der Waals surface area contributed by atoms with Gasteiger partial charge in [0.25, 0.3) is 5.91 Å². The number of fused-ring (bicyclic) bond motifs is 1. The van der Waals surface area contributed by atoms with Crippen LogP contribution in [0, 0.1) is 11.8 Å². The second-order valence-electron chi connectivity index (χ2n) is 5.87. The SMILES string of the molecule is CC#CC(=O)NC1c2ccccc2CCC1N1CCCC1. The van der Waals surface area contributed by atoms with Crippen molar-refractivity contribution in [2.45, 2.75) is 44.7 Å². The first-order valence-corrected chi connectivity index (χ1v) is 7.84. The first kappa shape index (κ1) is 14.2. The first-order valence-electron chi connectivity index (χ1n) is 7.84. The van der Waals surface area contributed by atoms with E-state index in [0.717, 1.165) is 25.9 Å². The van der Waals surface area contributed by atoms with Crippen LogP contribution in [0.15, 0.2) is 24.3 Å². The summed E-state index contributed by atoms with van der Waals surface area (Å²) in [6, 6.07) is 8.96. The maximum atomic E-state index is 12.0. The van der Waals surface area contributed by atoms with Crippen molar-refractivity contribution in [3.8, 4) is 11.8 Å². The highest BCUT2D eigenvalue weighted by Gasteiger charge is 2.35. The fraction of sp³-hybridized carbons (Fsp3) is 0.500. The summed E-state index contributed by atoms with van der Waals surface area (Å²) in [5.74, 6) is 5.14. The Morgan fingerprint density at radius 2 is 2.05 bits per heavy atom. The van der Waals surface area contributed by atoms with Gasteiger partial charge in [-0.1, -0.05) is 30.2 Å². The lowest BCUT2D eigenvalue weighted by Gasteiger charge is -2.39. The topological polar surface area (TPSA) is 32.3 Å². The van der Waals surface area contributed by atoms with Crippen LogP contribution >= 0.6 is 0 Å². The summed E-state index contributed by atoms with van der Waals surface area (Å²) >= 11 is 0. The molecule has 2 aliphatic rings. The van der Waals surface area contributed by atoms with E-state index in [0.29, 0.717) is 6.04 Å². The van der Waals surface area contributed by atoms with Gasteiger partial charge in [0.15, 0.2) is 0 Å². The van der Waals surface area contributed by atoms with E-state index in [1.54, 1.807) is 6.92 Å². The van der Waals surface area contributed by atoms with Crippen LogP contribution in [0.4, 0.5) is 0 Å². The molecule has 1 fully saturated rings. The van der Waals surface area contributed by atoms with Crippen LogP contribution in [0.2, 0.25) is 0 Å². The van der Waals surface area contributed by atoms with E-state index < -0.39 is 0 Å². The molecule has 3 nitrogen and oxygen atoms in total. The van der Waals surface area contributed by atoms with E-state index in [1.165, 1.54) is 24.0 Å². The van der Waals surface area contributed by atoms with E-state index in [1.807, 2.05) is 0 Å². The van der Waals surface area contributed by atoms with Crippen LogP contribution < -0.4 is 5.32 Å². The molecule has 3 rings (SSSR count). The molecule has 1 N–H and O–H groups in total. The highest BCUT2D eigenvalue weighted by Crippen LogP contribution is 2.34. The maximum absolute atomic E-state index is 12.0. The summed E-state index contributed by atoms with van der Waals surface area (Å²) in [5.41, 5.74) is 2.63. The van der Waals surface area contributed by atoms with E-state index in [9.17, 15) is 4.79 Å². The van der Waals surface area contributed by atoms with Gasteiger partial charge in [0, 0.05) is 6.04 Å². The van der Waals surface area contributed by atoms with Crippen molar-refractivity contribution >= 4 is 5.91 Å². The summed E-state index contributed by atoms with van der Waals surface area (Å²) in [4.78, 5) is 14.5. The van der Waals surface area contributed by atoms with Crippen LogP contribution in [-0.4, -0.2) is 29.9 Å². The molecule has 1 aliphatic carbocycles. The van der Waals surface area contributed by atoms with Gasteiger partial charge < -0.3 is 5.32 Å². The third kappa shape index (κ3) is 2.96. The Morgan fingerprint density at radius 1 is 1.29 bits per heavy atom. The average molecular weight is 282 g/mol. The number of hydrogen-bond acceptors (Lipinski definition) is 2. The Labute approximate surface area is 126 Å². The highest BCUT2D eigenvalue weighted by atomic mass is 16.1. The Kier molecular flexibility index (Phi) is 4.26. The van der Waals surface area contributed by atoms with Crippen LogP contribution in [0.3, 0.4) is 0 Å². The van der Waals surface area contributed by atoms with E-state index in [-0.39, 0.29) is 11.9 Å². The molecule has 0 aromatic heterocycles. The van der Waals surface area contributed by atoms with E-state index in [2.05, 4.69) is 46.3 Å². The Bertz CT molecular complexity index is 578. The summed E-state index contributed by atoms with van der Waals surface area (Å²) in [6.45, 7) is 4.00. The molecule has 1 aliphatic heterocycles. The molecule has 0 bridgehead atoms. The molecular formula is C18H22N2O. The molecule has 110 valence electrons. The highest BCUT2D eigenvalue weighted by molar-refractivity contribution is 5.93. The van der Waals surface area contributed by atoms with Gasteiger partial charge in [0.1, 0.15) is 0 Å². The lowest BCUT2D eigenvalue weighted by atomic mass is 9.83. The fourth-order valence-corrected chi connectivity index (χ4v) is 3.67. The third-order valence-corrected chi connectivity index (χ3v) is 4.62. The molecule has 2 atom stereocenters. The summed E-state index contributed by atoms with van der Waals surface area (Å²) in [7, 11) is 0. The minimum atomic E-state index is -0.164. The third-order valence-electron chi connectivity index (χ3n) is 4.62. The van der Waals surface area contributed by atoms with E-state index in [4.69, 9.17) is 0 Å². The number of amides is 1. The minimum absolute atomic E-state index is 0.0707. The minimum Gasteiger partial charge on any atom is -0.337 e. The molecule has 2 unspecified atom stereocenters. The number of benzene rings is 1. The number of carbonyl (C=O) groups is 1. The maximum Gasteiger partial charge on any atom is 0.296 e. The van der Waals surface area contributed by atoms with Gasteiger partial charge in [-0.3, -0.25) is 9.69 Å². The fourth-order valence-electron chi connectivity index (χ4n) is 3.67. The number of rotatable bonds is 2. The van der Waals surface area contributed by atoms with Crippen LogP contribution in [-0.2, 0) is 11.2 Å². The van der Waals surface area contributed by atoms with Crippen LogP contribution in [0.1, 0.15) is 43.4 Å². The molecule has 1 aromatic carbocycles. The zero-order valence-corrected chi connectivity index (χ0v) is 12.6. The predicted molar refractivity (Wildman–Crippen MR) is 83.7 cm³/mol. The van der Waals surface area contributed by atoms with Gasteiger partial charge in [-0.25, -0.2) is 0 Å². The largest absolute Gasteiger partial charge is 0.337 e. The number of aryl methyl sites for hydroxylation is 1. The van der Waals surface area contributed by atoms with Crippen molar-refractivity contribution in [1.82, 2.24) is 10.2 Å². The zero-order valence-electron chi connectivity index (χ0n) is 12.6. The normalized spacial score (nSPS) is 24.8. The molecule has 1 amide bonds. The quantitative estimate of drug-likeness (QED) is 0.844. The number of nitrogens with one attached hydrogen (secondary N) is 1. The number of nitrogens with zero attached hydrogens (tertiary/aromatic N) is 1. The van der Waals surface area contributed by atoms with Crippen molar-refractivity contribution in [2.24, 2.45) is 0 Å². The van der Waals surface area contributed by atoms with Gasteiger partial charge >= 0.3 is 0 Å². The molecule has 0 radical (unpaired) electrons. The van der Waals surface area contributed by atoms with Gasteiger partial charge in [-0.2, -0.15) is 0 Å². The molecule has 0 spiro atoms. The van der Waals surface area contributed by atoms with Gasteiger partial charge in [0.05, 0.1) is 6.04 Å². The number of hydrogen-bond donors (Lipinski definition) is 1. The summed E-state index contributed by atoms with van der Waals surface area (Å²) in [5, 5.41) is 3.15. The van der Waals surface area contributed by atoms with Crippen molar-refractivity contribution < 1.29 is 4.79 Å². The Balaban J connectivity index is 1.89. The first-order chi connectivity index (χ1) is 10.3. The standard InChI is InChI=1S/C18H22N2O/c1-2-7-17(21)19-18-15-9-4-3-8-14(15)10-11-16(18)20-12-5-6-13-20/h3-4,8-9,16,18H,5-6,10-13H2,1H3,(H,19,21). The average Bonchev–Trinajstić information content (AvgIpc) is 3.02.